The third-order valence-corrected chi connectivity index (χ3v) is 4.38. The third-order valence-electron chi connectivity index (χ3n) is 4.14. The van der Waals surface area contributed by atoms with E-state index in [9.17, 15) is 4.39 Å². The first-order valence-electron chi connectivity index (χ1n) is 8.55. The third kappa shape index (κ3) is 6.94. The Morgan fingerprint density at radius 3 is 2.72 bits per heavy atom. The van der Waals surface area contributed by atoms with Gasteiger partial charge in [0.05, 0.1) is 17.3 Å². The zero-order valence-corrected chi connectivity index (χ0v) is 16.3. The van der Waals surface area contributed by atoms with E-state index in [0.717, 1.165) is 13.0 Å². The van der Waals surface area contributed by atoms with Crippen LogP contribution in [0.3, 0.4) is 0 Å². The van der Waals surface area contributed by atoms with E-state index in [4.69, 9.17) is 22.7 Å². The van der Waals surface area contributed by atoms with Gasteiger partial charge in [-0.3, -0.25) is 0 Å². The maximum absolute atomic E-state index is 13.1. The van der Waals surface area contributed by atoms with Crippen molar-refractivity contribution >= 4 is 17.3 Å². The Balaban J connectivity index is 2.75. The predicted octanol–water partition coefficient (Wildman–Crippen LogP) is 3.86. The number of likely N-dealkylation sites (N-methyl/N-ethyl adjacent to an activating group) is 1. The standard InChI is InChI=1S/C19H30ClFN4/c1-13-9-16(12-25(4)19(13)6-5-14(2)21)10-24-11-17(15(3)20)18(23)7-8-22/h7-9,11,14-15,23-24H,5-6,10,12,22H2,1-4H3/b8-7-,17-11-,23-18?. The van der Waals surface area contributed by atoms with Crippen LogP contribution in [0.1, 0.15) is 33.6 Å². The molecule has 2 unspecified atom stereocenters. The molecule has 2 atom stereocenters. The van der Waals surface area contributed by atoms with Gasteiger partial charge in [-0.2, -0.15) is 0 Å². The molecular formula is C19H30ClFN4. The molecule has 140 valence electrons. The van der Waals surface area contributed by atoms with E-state index >= 15 is 0 Å². The van der Waals surface area contributed by atoms with Gasteiger partial charge in [-0.05, 0) is 57.0 Å². The van der Waals surface area contributed by atoms with Crippen molar-refractivity contribution in [1.29, 1.82) is 5.41 Å². The van der Waals surface area contributed by atoms with E-state index in [-0.39, 0.29) is 5.38 Å². The lowest BCUT2D eigenvalue weighted by molar-refractivity contribution is 0.323. The normalized spacial score (nSPS) is 18.4. The Hall–Kier alpha value is -1.75. The van der Waals surface area contributed by atoms with E-state index in [1.807, 2.05) is 14.0 Å². The van der Waals surface area contributed by atoms with Crippen molar-refractivity contribution in [2.45, 2.75) is 45.2 Å². The number of nitrogens with zero attached hydrogens (tertiary/aromatic N) is 1. The number of halogens is 2. The molecule has 0 fully saturated rings. The second-order valence-electron chi connectivity index (χ2n) is 6.48. The zero-order chi connectivity index (χ0) is 19.0. The van der Waals surface area contributed by atoms with Crippen LogP contribution in [0.15, 0.2) is 47.0 Å². The Kier molecular flexibility index (Phi) is 8.76. The minimum Gasteiger partial charge on any atom is -0.405 e. The van der Waals surface area contributed by atoms with E-state index in [2.05, 4.69) is 23.2 Å². The quantitative estimate of drug-likeness (QED) is 0.427. The fourth-order valence-corrected chi connectivity index (χ4v) is 3.04. The molecule has 0 aromatic rings. The first-order chi connectivity index (χ1) is 11.8. The molecule has 4 N–H and O–H groups in total. The van der Waals surface area contributed by atoms with Crippen LogP contribution in [-0.4, -0.2) is 42.3 Å². The van der Waals surface area contributed by atoms with Gasteiger partial charge in [-0.25, -0.2) is 4.39 Å². The first-order valence-corrected chi connectivity index (χ1v) is 8.99. The van der Waals surface area contributed by atoms with Crippen LogP contribution in [-0.2, 0) is 0 Å². The van der Waals surface area contributed by atoms with Gasteiger partial charge in [-0.1, -0.05) is 6.08 Å². The molecule has 25 heavy (non-hydrogen) atoms. The van der Waals surface area contributed by atoms with Crippen LogP contribution in [0.2, 0.25) is 0 Å². The Bertz CT molecular complexity index is 588. The van der Waals surface area contributed by atoms with E-state index in [1.165, 1.54) is 29.1 Å². The van der Waals surface area contributed by atoms with Gasteiger partial charge in [0.1, 0.15) is 0 Å². The first kappa shape index (κ1) is 21.3. The lowest BCUT2D eigenvalue weighted by Crippen LogP contribution is -2.29. The van der Waals surface area contributed by atoms with Crippen LogP contribution < -0.4 is 11.1 Å². The van der Waals surface area contributed by atoms with Gasteiger partial charge in [-0.15, -0.1) is 11.6 Å². The molecule has 0 saturated carbocycles. The summed E-state index contributed by atoms with van der Waals surface area (Å²) in [7, 11) is 2.04. The number of hydrogen-bond acceptors (Lipinski definition) is 4. The number of nitrogens with two attached hydrogens (primary N) is 1. The highest BCUT2D eigenvalue weighted by Crippen LogP contribution is 2.24. The number of alkyl halides is 2. The van der Waals surface area contributed by atoms with Gasteiger partial charge >= 0.3 is 0 Å². The fourth-order valence-electron chi connectivity index (χ4n) is 2.86. The molecule has 0 spiro atoms. The molecule has 1 heterocycles. The summed E-state index contributed by atoms with van der Waals surface area (Å²) in [6.07, 6.45) is 7.32. The van der Waals surface area contributed by atoms with Crippen molar-refractivity contribution in [2.75, 3.05) is 20.1 Å². The smallest absolute Gasteiger partial charge is 0.0977 e. The molecule has 1 rings (SSSR count). The maximum atomic E-state index is 13.1. The molecule has 1 aliphatic rings. The Morgan fingerprint density at radius 2 is 2.20 bits per heavy atom. The summed E-state index contributed by atoms with van der Waals surface area (Å²) in [4.78, 5) is 2.18. The molecule has 0 aromatic carbocycles. The lowest BCUT2D eigenvalue weighted by Gasteiger charge is -2.30. The summed E-state index contributed by atoms with van der Waals surface area (Å²) < 4.78 is 13.1. The number of hydrogen-bond donors (Lipinski definition) is 3. The van der Waals surface area contributed by atoms with E-state index in [0.29, 0.717) is 24.3 Å². The summed E-state index contributed by atoms with van der Waals surface area (Å²) in [6, 6.07) is 0. The largest absolute Gasteiger partial charge is 0.405 e. The molecule has 4 nitrogen and oxygen atoms in total. The monoisotopic (exact) mass is 368 g/mol. The number of nitrogens with one attached hydrogen (secondary N) is 2. The van der Waals surface area contributed by atoms with Crippen LogP contribution in [0.5, 0.6) is 0 Å². The van der Waals surface area contributed by atoms with Gasteiger partial charge in [0, 0.05) is 37.6 Å². The summed E-state index contributed by atoms with van der Waals surface area (Å²) in [5.74, 6) is 0. The minimum absolute atomic E-state index is 0.282. The molecule has 6 heteroatoms. The van der Waals surface area contributed by atoms with Gasteiger partial charge < -0.3 is 21.4 Å². The van der Waals surface area contributed by atoms with Crippen LogP contribution >= 0.6 is 11.6 Å². The summed E-state index contributed by atoms with van der Waals surface area (Å²) in [5, 5.41) is 10.9. The highest BCUT2D eigenvalue weighted by atomic mass is 35.5. The Labute approximate surface area is 155 Å². The van der Waals surface area contributed by atoms with Crippen LogP contribution in [0.25, 0.3) is 0 Å². The SMILES string of the molecule is CC1=C(CCC(C)F)N(C)CC(CN/C=C(\C(=N)/C=C\N)C(C)Cl)=C1. The predicted molar refractivity (Wildman–Crippen MR) is 106 cm³/mol. The summed E-state index contributed by atoms with van der Waals surface area (Å²) in [5.41, 5.74) is 9.95. The number of rotatable bonds is 9. The molecule has 0 radical (unpaired) electrons. The molecule has 1 aliphatic heterocycles. The topological polar surface area (TPSA) is 65.1 Å². The van der Waals surface area contributed by atoms with E-state index < -0.39 is 6.17 Å². The van der Waals surface area contributed by atoms with Crippen molar-refractivity contribution in [2.24, 2.45) is 5.73 Å². The van der Waals surface area contributed by atoms with Crippen molar-refractivity contribution in [3.8, 4) is 0 Å². The fraction of sp³-hybridized carbons (Fsp3) is 0.526. The van der Waals surface area contributed by atoms with Crippen LogP contribution in [0, 0.1) is 5.41 Å². The average molecular weight is 369 g/mol. The van der Waals surface area contributed by atoms with Crippen molar-refractivity contribution in [3.05, 3.63) is 47.0 Å². The van der Waals surface area contributed by atoms with Crippen molar-refractivity contribution in [1.82, 2.24) is 10.2 Å². The second-order valence-corrected chi connectivity index (χ2v) is 7.13. The second kappa shape index (κ2) is 10.3. The van der Waals surface area contributed by atoms with E-state index in [1.54, 1.807) is 13.1 Å². The highest BCUT2D eigenvalue weighted by Gasteiger charge is 2.16. The minimum atomic E-state index is -0.778. The summed E-state index contributed by atoms with van der Waals surface area (Å²) in [6.45, 7) is 6.97. The maximum Gasteiger partial charge on any atom is 0.0977 e. The highest BCUT2D eigenvalue weighted by molar-refractivity contribution is 6.26. The van der Waals surface area contributed by atoms with Crippen molar-refractivity contribution < 1.29 is 4.39 Å². The molecule has 0 saturated heterocycles. The molecule has 0 bridgehead atoms. The molecular weight excluding hydrogens is 339 g/mol. The number of allylic oxidation sites excluding steroid dienone is 5. The average Bonchev–Trinajstić information content (AvgIpc) is 2.50. The van der Waals surface area contributed by atoms with Crippen LogP contribution in [0.4, 0.5) is 4.39 Å². The molecule has 0 aromatic heterocycles. The lowest BCUT2D eigenvalue weighted by atomic mass is 10.0. The Morgan fingerprint density at radius 1 is 1.52 bits per heavy atom. The summed E-state index contributed by atoms with van der Waals surface area (Å²) >= 11 is 6.14. The molecule has 0 amide bonds. The zero-order valence-electron chi connectivity index (χ0n) is 15.6. The van der Waals surface area contributed by atoms with Crippen molar-refractivity contribution in [3.63, 3.8) is 0 Å². The van der Waals surface area contributed by atoms with Gasteiger partial charge in [0.25, 0.3) is 0 Å². The van der Waals surface area contributed by atoms with Gasteiger partial charge in [0.2, 0.25) is 0 Å². The molecule has 0 aliphatic carbocycles. The van der Waals surface area contributed by atoms with Gasteiger partial charge in [0.15, 0.2) is 0 Å².